The number of hydrogen-bond donors (Lipinski definition) is 1. The Labute approximate surface area is 108 Å². The van der Waals surface area contributed by atoms with Crippen LogP contribution < -0.4 is 0 Å². The number of rotatable bonds is 4. The minimum Gasteiger partial charge on any atom is -0.346 e. The summed E-state index contributed by atoms with van der Waals surface area (Å²) in [4.78, 5) is 12.0. The molecule has 2 heterocycles. The molecule has 18 heavy (non-hydrogen) atoms. The average molecular weight is 243 g/mol. The van der Waals surface area contributed by atoms with Crippen molar-refractivity contribution in [3.63, 3.8) is 0 Å². The van der Waals surface area contributed by atoms with Crippen LogP contribution in [0, 0.1) is 12.8 Å². The van der Waals surface area contributed by atoms with Crippen LogP contribution in [0.2, 0.25) is 0 Å². The summed E-state index contributed by atoms with van der Waals surface area (Å²) >= 11 is 0. The largest absolute Gasteiger partial charge is 0.346 e. The molecule has 0 spiro atoms. The zero-order chi connectivity index (χ0) is 13.1. The summed E-state index contributed by atoms with van der Waals surface area (Å²) in [5.41, 5.74) is 4.55. The van der Waals surface area contributed by atoms with Gasteiger partial charge in [0.25, 0.3) is 0 Å². The van der Waals surface area contributed by atoms with Gasteiger partial charge in [-0.3, -0.25) is 0 Å². The summed E-state index contributed by atoms with van der Waals surface area (Å²) in [6, 6.07) is 0. The molecule has 0 bridgehead atoms. The molecule has 3 heteroatoms. The monoisotopic (exact) mass is 243 g/mol. The first-order valence-corrected chi connectivity index (χ1v) is 6.64. The van der Waals surface area contributed by atoms with E-state index in [-0.39, 0.29) is 0 Å². The van der Waals surface area contributed by atoms with Crippen LogP contribution in [0.5, 0.6) is 0 Å². The van der Waals surface area contributed by atoms with Crippen molar-refractivity contribution in [3.8, 4) is 0 Å². The molecule has 0 fully saturated rings. The first-order valence-electron chi connectivity index (χ1n) is 6.64. The number of allylic oxidation sites excluding steroid dienone is 2. The third kappa shape index (κ3) is 2.30. The molecule has 0 atom stereocenters. The van der Waals surface area contributed by atoms with E-state index in [2.05, 4.69) is 48.7 Å². The highest BCUT2D eigenvalue weighted by atomic mass is 14.9. The van der Waals surface area contributed by atoms with Gasteiger partial charge < -0.3 is 4.98 Å². The maximum Gasteiger partial charge on any atom is 0.141 e. The van der Waals surface area contributed by atoms with E-state index < -0.39 is 0 Å². The van der Waals surface area contributed by atoms with Crippen LogP contribution in [0.1, 0.15) is 44.9 Å². The van der Waals surface area contributed by atoms with Gasteiger partial charge in [0.15, 0.2) is 0 Å². The Morgan fingerprint density at radius 1 is 1.39 bits per heavy atom. The van der Waals surface area contributed by atoms with Crippen molar-refractivity contribution in [1.82, 2.24) is 15.0 Å². The van der Waals surface area contributed by atoms with Gasteiger partial charge in [-0.2, -0.15) is 0 Å². The van der Waals surface area contributed by atoms with Crippen molar-refractivity contribution in [2.24, 2.45) is 5.92 Å². The molecule has 0 aromatic carbocycles. The molecule has 0 unspecified atom stereocenters. The average Bonchev–Trinajstić information content (AvgIpc) is 2.72. The Balaban J connectivity index is 2.60. The predicted octanol–water partition coefficient (Wildman–Crippen LogP) is 4.11. The minimum absolute atomic E-state index is 0.476. The van der Waals surface area contributed by atoms with Crippen LogP contribution in [0.25, 0.3) is 16.6 Å². The molecule has 0 aliphatic heterocycles. The van der Waals surface area contributed by atoms with E-state index in [4.69, 9.17) is 0 Å². The lowest BCUT2D eigenvalue weighted by molar-refractivity contribution is 0.837. The number of unbranched alkanes of at least 4 members (excludes halogenated alkanes) is 1. The third-order valence-corrected chi connectivity index (χ3v) is 3.22. The lowest BCUT2D eigenvalue weighted by Gasteiger charge is -2.12. The van der Waals surface area contributed by atoms with E-state index in [9.17, 15) is 0 Å². The topological polar surface area (TPSA) is 41.6 Å². The highest BCUT2D eigenvalue weighted by molar-refractivity contribution is 5.90. The summed E-state index contributed by atoms with van der Waals surface area (Å²) in [6.45, 7) is 8.74. The van der Waals surface area contributed by atoms with Crippen LogP contribution in [-0.2, 0) is 0 Å². The van der Waals surface area contributed by atoms with Gasteiger partial charge in [0.05, 0.1) is 5.69 Å². The van der Waals surface area contributed by atoms with Gasteiger partial charge in [-0.15, -0.1) is 0 Å². The number of H-pyrrole nitrogens is 1. The van der Waals surface area contributed by atoms with Crippen LogP contribution >= 0.6 is 0 Å². The smallest absolute Gasteiger partial charge is 0.141 e. The van der Waals surface area contributed by atoms with Crippen molar-refractivity contribution in [1.29, 1.82) is 0 Å². The van der Waals surface area contributed by atoms with E-state index >= 15 is 0 Å². The Morgan fingerprint density at radius 2 is 2.17 bits per heavy atom. The third-order valence-electron chi connectivity index (χ3n) is 3.22. The van der Waals surface area contributed by atoms with E-state index in [0.29, 0.717) is 5.92 Å². The Bertz CT molecular complexity index is 564. The van der Waals surface area contributed by atoms with Crippen molar-refractivity contribution < 1.29 is 0 Å². The summed E-state index contributed by atoms with van der Waals surface area (Å²) in [5.74, 6) is 0.476. The van der Waals surface area contributed by atoms with Gasteiger partial charge in [-0.25, -0.2) is 9.97 Å². The van der Waals surface area contributed by atoms with Crippen LogP contribution in [-0.4, -0.2) is 15.0 Å². The van der Waals surface area contributed by atoms with Gasteiger partial charge in [0.1, 0.15) is 12.0 Å². The number of fused-ring (bicyclic) bond motifs is 1. The number of aryl methyl sites for hydroxylation is 1. The molecule has 0 saturated carbocycles. The molecule has 0 aliphatic rings. The predicted molar refractivity (Wildman–Crippen MR) is 76.3 cm³/mol. The number of nitrogens with zero attached hydrogens (tertiary/aromatic N) is 2. The van der Waals surface area contributed by atoms with Crippen molar-refractivity contribution in [2.75, 3.05) is 0 Å². The molecule has 0 saturated heterocycles. The number of aromatic nitrogens is 3. The first kappa shape index (κ1) is 12.8. The zero-order valence-corrected chi connectivity index (χ0v) is 11.6. The normalized spacial score (nSPS) is 12.6. The molecule has 0 radical (unpaired) electrons. The van der Waals surface area contributed by atoms with Gasteiger partial charge in [0, 0.05) is 11.6 Å². The van der Waals surface area contributed by atoms with Crippen LogP contribution in [0.4, 0.5) is 0 Å². The standard InChI is InChI=1S/C15H21N3/c1-5-6-7-12(10(2)3)14-13-11(4)8-16-15(13)18-9-17-14/h7-10H,5-6H2,1-4H3,(H,16,17,18)/b12-7+. The maximum absolute atomic E-state index is 4.52. The van der Waals surface area contributed by atoms with Gasteiger partial charge in [-0.1, -0.05) is 33.3 Å². The van der Waals surface area contributed by atoms with Gasteiger partial charge >= 0.3 is 0 Å². The summed E-state index contributed by atoms with van der Waals surface area (Å²) < 4.78 is 0. The molecular formula is C15H21N3. The molecule has 0 aliphatic carbocycles. The fourth-order valence-corrected chi connectivity index (χ4v) is 2.24. The molecular weight excluding hydrogens is 222 g/mol. The lowest BCUT2D eigenvalue weighted by atomic mass is 9.95. The molecule has 2 aromatic rings. The second-order valence-corrected chi connectivity index (χ2v) is 5.02. The molecule has 3 nitrogen and oxygen atoms in total. The van der Waals surface area contributed by atoms with Crippen molar-refractivity contribution >= 4 is 16.6 Å². The number of aromatic amines is 1. The van der Waals surface area contributed by atoms with E-state index in [1.54, 1.807) is 6.33 Å². The quantitative estimate of drug-likeness (QED) is 0.878. The van der Waals surface area contributed by atoms with Crippen molar-refractivity contribution in [3.05, 3.63) is 29.9 Å². The van der Waals surface area contributed by atoms with E-state index in [0.717, 1.165) is 29.6 Å². The maximum atomic E-state index is 4.52. The van der Waals surface area contributed by atoms with E-state index in [1.807, 2.05) is 6.20 Å². The highest BCUT2D eigenvalue weighted by Crippen LogP contribution is 2.29. The Hall–Kier alpha value is -1.64. The molecule has 1 N–H and O–H groups in total. The lowest BCUT2D eigenvalue weighted by Crippen LogP contribution is -1.99. The van der Waals surface area contributed by atoms with Gasteiger partial charge in [0.2, 0.25) is 0 Å². The second-order valence-electron chi connectivity index (χ2n) is 5.02. The second kappa shape index (κ2) is 5.34. The molecule has 0 amide bonds. The Kier molecular flexibility index (Phi) is 3.80. The van der Waals surface area contributed by atoms with Crippen molar-refractivity contribution in [2.45, 2.75) is 40.5 Å². The SMILES string of the molecule is CCC/C=C(/c1ncnc2[nH]cc(C)c12)C(C)C. The fraction of sp³-hybridized carbons (Fsp3) is 0.467. The highest BCUT2D eigenvalue weighted by Gasteiger charge is 2.14. The number of nitrogens with one attached hydrogen (secondary N) is 1. The van der Waals surface area contributed by atoms with Crippen LogP contribution in [0.15, 0.2) is 18.6 Å². The summed E-state index contributed by atoms with van der Waals surface area (Å²) in [5, 5.41) is 1.16. The molecule has 2 rings (SSSR count). The minimum atomic E-state index is 0.476. The van der Waals surface area contributed by atoms with Gasteiger partial charge in [-0.05, 0) is 30.4 Å². The summed E-state index contributed by atoms with van der Waals surface area (Å²) in [7, 11) is 0. The molecule has 96 valence electrons. The Morgan fingerprint density at radius 3 is 2.83 bits per heavy atom. The number of hydrogen-bond acceptors (Lipinski definition) is 2. The summed E-state index contributed by atoms with van der Waals surface area (Å²) in [6.07, 6.45) is 8.23. The zero-order valence-electron chi connectivity index (χ0n) is 11.6. The van der Waals surface area contributed by atoms with Crippen LogP contribution in [0.3, 0.4) is 0 Å². The molecule has 2 aromatic heterocycles. The first-order chi connectivity index (χ1) is 8.65. The fourth-order valence-electron chi connectivity index (χ4n) is 2.24. The van der Waals surface area contributed by atoms with E-state index in [1.165, 1.54) is 11.1 Å².